The first kappa shape index (κ1) is 15.6. The maximum Gasteiger partial charge on any atom is 0.261 e. The summed E-state index contributed by atoms with van der Waals surface area (Å²) in [6, 6.07) is 11.2. The molecule has 0 aliphatic rings. The summed E-state index contributed by atoms with van der Waals surface area (Å²) in [6.07, 6.45) is 0. The van der Waals surface area contributed by atoms with Crippen LogP contribution in [0.15, 0.2) is 47.4 Å². The van der Waals surface area contributed by atoms with E-state index in [1.54, 1.807) is 24.3 Å². The second-order valence-electron chi connectivity index (χ2n) is 4.26. The maximum absolute atomic E-state index is 12.4. The van der Waals surface area contributed by atoms with Crippen molar-refractivity contribution in [2.75, 3.05) is 11.8 Å². The summed E-state index contributed by atoms with van der Waals surface area (Å²) in [5.74, 6) is 0.415. The minimum Gasteiger partial charge on any atom is -0.495 e. The predicted octanol–water partition coefficient (Wildman–Crippen LogP) is 2.61. The minimum absolute atomic E-state index is 0.0557. The van der Waals surface area contributed by atoms with Crippen LogP contribution in [0.5, 0.6) is 5.75 Å². The van der Waals surface area contributed by atoms with Gasteiger partial charge in [-0.05, 0) is 29.8 Å². The molecule has 0 saturated carbocycles. The lowest BCUT2D eigenvalue weighted by molar-refractivity contribution is 0.414. The average molecular weight is 327 g/mol. The summed E-state index contributed by atoms with van der Waals surface area (Å²) < 4.78 is 32.3. The van der Waals surface area contributed by atoms with Crippen LogP contribution in [-0.4, -0.2) is 15.5 Å². The van der Waals surface area contributed by atoms with E-state index >= 15 is 0 Å². The van der Waals surface area contributed by atoms with Crippen LogP contribution in [0.25, 0.3) is 0 Å². The van der Waals surface area contributed by atoms with E-state index in [0.29, 0.717) is 17.0 Å². The fourth-order valence-electron chi connectivity index (χ4n) is 1.82. The van der Waals surface area contributed by atoms with Crippen molar-refractivity contribution in [2.24, 2.45) is 5.73 Å². The molecule has 112 valence electrons. The van der Waals surface area contributed by atoms with E-state index in [1.165, 1.54) is 25.3 Å². The van der Waals surface area contributed by atoms with Crippen LogP contribution in [0.4, 0.5) is 5.69 Å². The zero-order chi connectivity index (χ0) is 15.5. The standard InChI is InChI=1S/C14H15ClN2O3S/c1-20-14-7-6-11(8-12(14)15)21(18,19)17-13-5-3-2-4-10(13)9-16/h2-8,17H,9,16H2,1H3. The predicted molar refractivity (Wildman–Crippen MR) is 83.1 cm³/mol. The number of rotatable bonds is 5. The van der Waals surface area contributed by atoms with Crippen LogP contribution in [-0.2, 0) is 16.6 Å². The summed E-state index contributed by atoms with van der Waals surface area (Å²) in [4.78, 5) is 0.0557. The maximum atomic E-state index is 12.4. The Balaban J connectivity index is 2.36. The van der Waals surface area contributed by atoms with Gasteiger partial charge in [0.2, 0.25) is 0 Å². The van der Waals surface area contributed by atoms with Crippen molar-refractivity contribution in [1.82, 2.24) is 0 Å². The number of nitrogens with two attached hydrogens (primary N) is 1. The van der Waals surface area contributed by atoms with Gasteiger partial charge in [-0.15, -0.1) is 0 Å². The minimum atomic E-state index is -3.74. The number of benzene rings is 2. The van der Waals surface area contributed by atoms with Crippen LogP contribution < -0.4 is 15.2 Å². The highest BCUT2D eigenvalue weighted by Gasteiger charge is 2.17. The molecular weight excluding hydrogens is 312 g/mol. The quantitative estimate of drug-likeness (QED) is 0.885. The summed E-state index contributed by atoms with van der Waals surface area (Å²) in [5, 5.41) is 0.229. The fraction of sp³-hybridized carbons (Fsp3) is 0.143. The van der Waals surface area contributed by atoms with Gasteiger partial charge in [0.15, 0.2) is 0 Å². The van der Waals surface area contributed by atoms with Crippen molar-refractivity contribution >= 4 is 27.3 Å². The molecule has 0 saturated heterocycles. The van der Waals surface area contributed by atoms with Crippen LogP contribution >= 0.6 is 11.6 Å². The van der Waals surface area contributed by atoms with Gasteiger partial charge < -0.3 is 10.5 Å². The summed E-state index contributed by atoms with van der Waals surface area (Å²) in [5.41, 5.74) is 6.76. The highest BCUT2D eigenvalue weighted by atomic mass is 35.5. The highest BCUT2D eigenvalue weighted by Crippen LogP contribution is 2.28. The molecule has 0 aliphatic heterocycles. The first-order chi connectivity index (χ1) is 9.97. The van der Waals surface area contributed by atoms with Crippen molar-refractivity contribution in [3.8, 4) is 5.75 Å². The van der Waals surface area contributed by atoms with Crippen molar-refractivity contribution < 1.29 is 13.2 Å². The van der Waals surface area contributed by atoms with Crippen molar-refractivity contribution in [3.05, 3.63) is 53.1 Å². The second kappa shape index (κ2) is 6.34. The van der Waals surface area contributed by atoms with Gasteiger partial charge in [0.25, 0.3) is 10.0 Å². The van der Waals surface area contributed by atoms with Gasteiger partial charge in [-0.3, -0.25) is 4.72 Å². The van der Waals surface area contributed by atoms with Gasteiger partial charge in [0.1, 0.15) is 5.75 Å². The summed E-state index contributed by atoms with van der Waals surface area (Å²) in [6.45, 7) is 0.238. The average Bonchev–Trinajstić information content (AvgIpc) is 2.47. The largest absolute Gasteiger partial charge is 0.495 e. The van der Waals surface area contributed by atoms with E-state index < -0.39 is 10.0 Å². The van der Waals surface area contributed by atoms with Crippen LogP contribution in [0, 0.1) is 0 Å². The van der Waals surface area contributed by atoms with E-state index in [4.69, 9.17) is 22.1 Å². The van der Waals surface area contributed by atoms with E-state index in [1.807, 2.05) is 0 Å². The Morgan fingerprint density at radius 1 is 1.24 bits per heavy atom. The molecule has 0 unspecified atom stereocenters. The number of sulfonamides is 1. The summed E-state index contributed by atoms with van der Waals surface area (Å²) in [7, 11) is -2.28. The number of anilines is 1. The van der Waals surface area contributed by atoms with E-state index in [2.05, 4.69) is 4.72 Å². The van der Waals surface area contributed by atoms with Gasteiger partial charge in [0, 0.05) is 6.54 Å². The Bertz CT molecular complexity index is 748. The Labute approximate surface area is 128 Å². The number of ether oxygens (including phenoxy) is 1. The molecule has 0 bridgehead atoms. The molecular formula is C14H15ClN2O3S. The Kier molecular flexibility index (Phi) is 4.72. The van der Waals surface area contributed by atoms with Crippen LogP contribution in [0.1, 0.15) is 5.56 Å². The zero-order valence-corrected chi connectivity index (χ0v) is 12.9. The molecule has 21 heavy (non-hydrogen) atoms. The lowest BCUT2D eigenvalue weighted by atomic mass is 10.2. The van der Waals surface area contributed by atoms with Crippen molar-refractivity contribution in [2.45, 2.75) is 11.4 Å². The fourth-order valence-corrected chi connectivity index (χ4v) is 3.26. The van der Waals surface area contributed by atoms with Gasteiger partial charge in [0.05, 0.1) is 22.7 Å². The zero-order valence-electron chi connectivity index (χ0n) is 11.3. The lowest BCUT2D eigenvalue weighted by Gasteiger charge is -2.12. The van der Waals surface area contributed by atoms with Gasteiger partial charge in [-0.2, -0.15) is 0 Å². The number of hydrogen-bond donors (Lipinski definition) is 2. The van der Waals surface area contributed by atoms with Crippen LogP contribution in [0.3, 0.4) is 0 Å². The third-order valence-corrected chi connectivity index (χ3v) is 4.57. The molecule has 7 heteroatoms. The van der Waals surface area contributed by atoms with Gasteiger partial charge in [-0.1, -0.05) is 29.8 Å². The van der Waals surface area contributed by atoms with Crippen molar-refractivity contribution in [1.29, 1.82) is 0 Å². The van der Waals surface area contributed by atoms with Gasteiger partial charge >= 0.3 is 0 Å². The number of halogens is 1. The van der Waals surface area contributed by atoms with E-state index in [9.17, 15) is 8.42 Å². The Morgan fingerprint density at radius 3 is 2.57 bits per heavy atom. The number of methoxy groups -OCH3 is 1. The molecule has 0 spiro atoms. The van der Waals surface area contributed by atoms with Gasteiger partial charge in [-0.25, -0.2) is 8.42 Å². The second-order valence-corrected chi connectivity index (χ2v) is 6.35. The molecule has 0 aromatic heterocycles. The first-order valence-corrected chi connectivity index (χ1v) is 7.98. The molecule has 5 nitrogen and oxygen atoms in total. The highest BCUT2D eigenvalue weighted by molar-refractivity contribution is 7.92. The molecule has 0 radical (unpaired) electrons. The molecule has 0 heterocycles. The summed E-state index contributed by atoms with van der Waals surface area (Å²) >= 11 is 5.96. The molecule has 3 N–H and O–H groups in total. The third kappa shape index (κ3) is 3.47. The van der Waals surface area contributed by atoms with Crippen molar-refractivity contribution in [3.63, 3.8) is 0 Å². The molecule has 0 aliphatic carbocycles. The molecule has 0 fully saturated rings. The van der Waals surface area contributed by atoms with Crippen LogP contribution in [0.2, 0.25) is 5.02 Å². The molecule has 2 rings (SSSR count). The Hall–Kier alpha value is -1.76. The molecule has 2 aromatic rings. The first-order valence-electron chi connectivity index (χ1n) is 6.12. The SMILES string of the molecule is COc1ccc(S(=O)(=O)Nc2ccccc2CN)cc1Cl. The number of nitrogens with one attached hydrogen (secondary N) is 1. The topological polar surface area (TPSA) is 81.4 Å². The normalized spacial score (nSPS) is 11.2. The molecule has 0 amide bonds. The van der Waals surface area contributed by atoms with E-state index in [0.717, 1.165) is 0 Å². The molecule has 0 atom stereocenters. The number of hydrogen-bond acceptors (Lipinski definition) is 4. The van der Waals surface area contributed by atoms with E-state index in [-0.39, 0.29) is 16.5 Å². The Morgan fingerprint density at radius 2 is 1.95 bits per heavy atom. The monoisotopic (exact) mass is 326 g/mol. The number of para-hydroxylation sites is 1. The lowest BCUT2D eigenvalue weighted by Crippen LogP contribution is -2.15. The smallest absolute Gasteiger partial charge is 0.261 e. The molecule has 2 aromatic carbocycles. The third-order valence-electron chi connectivity index (χ3n) is 2.92.